The normalized spacial score (nSPS) is 23.8. The first-order chi connectivity index (χ1) is 19.6. The second-order valence-electron chi connectivity index (χ2n) is 11.5. The average Bonchev–Trinajstić information content (AvgIpc) is 3.66. The first-order valence-corrected chi connectivity index (χ1v) is 14.5. The molecule has 0 spiro atoms. The summed E-state index contributed by atoms with van der Waals surface area (Å²) in [6.07, 6.45) is 7.61. The molecule has 2 bridgehead atoms. The van der Waals surface area contributed by atoms with Gasteiger partial charge in [-0.2, -0.15) is 5.10 Å². The summed E-state index contributed by atoms with van der Waals surface area (Å²) in [4.78, 5) is 20.5. The number of anilines is 1. The zero-order valence-corrected chi connectivity index (χ0v) is 22.5. The van der Waals surface area contributed by atoms with Crippen molar-refractivity contribution in [2.75, 3.05) is 18.1 Å². The topological polar surface area (TPSA) is 103 Å². The van der Waals surface area contributed by atoms with Crippen molar-refractivity contribution in [2.45, 2.75) is 62.8 Å². The second-order valence-corrected chi connectivity index (χ2v) is 11.5. The molecule has 3 fully saturated rings. The molecule has 4 aromatic rings. The lowest BCUT2D eigenvalue weighted by molar-refractivity contribution is 0.00124. The quantitative estimate of drug-likeness (QED) is 0.319. The van der Waals surface area contributed by atoms with Gasteiger partial charge in [0.15, 0.2) is 0 Å². The lowest BCUT2D eigenvalue weighted by Gasteiger charge is -2.48. The molecule has 8 nitrogen and oxygen atoms in total. The number of morpholine rings is 1. The largest absolute Gasteiger partial charge is 0.393 e. The fourth-order valence-electron chi connectivity index (χ4n) is 6.98. The van der Waals surface area contributed by atoms with Gasteiger partial charge in [0.25, 0.3) is 5.91 Å². The maximum absolute atomic E-state index is 13.5. The maximum Gasteiger partial charge on any atom is 0.251 e. The summed E-state index contributed by atoms with van der Waals surface area (Å²) in [5, 5.41) is 22.2. The molecule has 40 heavy (non-hydrogen) atoms. The second kappa shape index (κ2) is 10.7. The molecule has 3 aliphatic rings. The molecule has 1 aliphatic carbocycles. The van der Waals surface area contributed by atoms with Crippen molar-refractivity contribution in [3.8, 4) is 11.3 Å². The molecular weight excluding hydrogens is 502 g/mol. The van der Waals surface area contributed by atoms with Crippen LogP contribution in [-0.2, 0) is 4.74 Å². The number of hydrogen-bond acceptors (Lipinski definition) is 6. The molecule has 1 saturated carbocycles. The molecule has 1 amide bonds. The predicted molar refractivity (Wildman–Crippen MR) is 154 cm³/mol. The Labute approximate surface area is 233 Å². The highest BCUT2D eigenvalue weighted by atomic mass is 16.5. The highest BCUT2D eigenvalue weighted by molar-refractivity contribution is 6.01. The summed E-state index contributed by atoms with van der Waals surface area (Å²) in [6.45, 7) is 1.29. The standard InChI is InChI=1S/C32H35N5O3/c38-26-16-24-18-40-19-25(17-26)37(24)23-11-8-21(9-12-23)30-27-15-22(10-13-28(27)35-36-30)32(39)34-31(20-5-1-2-6-20)29-7-3-4-14-33-29/h3-4,7-15,20,24-26,31,38H,1-2,5-6,16-19H2,(H,34,39)(H,35,36)/t24-,25+,26?,31?. The van der Waals surface area contributed by atoms with Crippen LogP contribution >= 0.6 is 0 Å². The number of amides is 1. The van der Waals surface area contributed by atoms with E-state index in [0.717, 1.165) is 59.2 Å². The number of carbonyl (C=O) groups excluding carboxylic acids is 1. The van der Waals surface area contributed by atoms with Crippen LogP contribution in [0.5, 0.6) is 0 Å². The Kier molecular flexibility index (Phi) is 6.73. The van der Waals surface area contributed by atoms with Crippen LogP contribution in [0, 0.1) is 5.92 Å². The molecule has 2 unspecified atom stereocenters. The molecule has 2 aromatic carbocycles. The summed E-state index contributed by atoms with van der Waals surface area (Å²) in [6, 6.07) is 20.4. The van der Waals surface area contributed by atoms with Gasteiger partial charge in [-0.3, -0.25) is 14.9 Å². The molecule has 2 aromatic heterocycles. The van der Waals surface area contributed by atoms with Crippen molar-refractivity contribution in [2.24, 2.45) is 5.92 Å². The SMILES string of the molecule is O=C(NC(c1ccccn1)C1CCCC1)c1ccc2[nH]nc(-c3ccc(N4[C@@H]5COC[C@H]4CC(O)C5)cc3)c2c1. The fourth-order valence-corrected chi connectivity index (χ4v) is 6.98. The van der Waals surface area contributed by atoms with E-state index < -0.39 is 0 Å². The number of rotatable bonds is 6. The third-order valence-corrected chi connectivity index (χ3v) is 8.92. The number of nitrogens with one attached hydrogen (secondary N) is 2. The number of benzene rings is 2. The zero-order chi connectivity index (χ0) is 27.1. The number of piperidine rings is 1. The van der Waals surface area contributed by atoms with Gasteiger partial charge >= 0.3 is 0 Å². The predicted octanol–water partition coefficient (Wildman–Crippen LogP) is 5.01. The Bertz CT molecular complexity index is 1470. The Morgan fingerprint density at radius 1 is 1.02 bits per heavy atom. The maximum atomic E-state index is 13.5. The van der Waals surface area contributed by atoms with Crippen molar-refractivity contribution in [3.05, 3.63) is 78.1 Å². The Morgan fingerprint density at radius 3 is 2.52 bits per heavy atom. The summed E-state index contributed by atoms with van der Waals surface area (Å²) < 4.78 is 5.77. The van der Waals surface area contributed by atoms with Crippen LogP contribution in [-0.4, -0.2) is 57.6 Å². The number of aromatic amines is 1. The van der Waals surface area contributed by atoms with Crippen LogP contribution in [0.25, 0.3) is 22.2 Å². The van der Waals surface area contributed by atoms with E-state index in [9.17, 15) is 9.90 Å². The highest BCUT2D eigenvalue weighted by Gasteiger charge is 2.38. The van der Waals surface area contributed by atoms with Crippen LogP contribution in [0.4, 0.5) is 5.69 Å². The molecule has 4 atom stereocenters. The third-order valence-electron chi connectivity index (χ3n) is 8.92. The number of pyridine rings is 1. The number of nitrogens with zero attached hydrogens (tertiary/aromatic N) is 3. The minimum atomic E-state index is -0.256. The van der Waals surface area contributed by atoms with E-state index in [4.69, 9.17) is 4.74 Å². The first kappa shape index (κ1) is 25.2. The van der Waals surface area contributed by atoms with Crippen LogP contribution < -0.4 is 10.2 Å². The van der Waals surface area contributed by atoms with Gasteiger partial charge in [-0.15, -0.1) is 0 Å². The van der Waals surface area contributed by atoms with Gasteiger partial charge in [0.1, 0.15) is 0 Å². The van der Waals surface area contributed by atoms with Crippen molar-refractivity contribution in [1.82, 2.24) is 20.5 Å². The van der Waals surface area contributed by atoms with Gasteiger partial charge in [-0.1, -0.05) is 31.0 Å². The van der Waals surface area contributed by atoms with Crippen molar-refractivity contribution in [3.63, 3.8) is 0 Å². The van der Waals surface area contributed by atoms with E-state index in [2.05, 4.69) is 49.7 Å². The number of aliphatic hydroxyl groups is 1. The monoisotopic (exact) mass is 537 g/mol. The smallest absolute Gasteiger partial charge is 0.251 e. The van der Waals surface area contributed by atoms with E-state index in [0.29, 0.717) is 24.7 Å². The first-order valence-electron chi connectivity index (χ1n) is 14.5. The molecule has 8 heteroatoms. The third kappa shape index (κ3) is 4.75. The molecule has 0 radical (unpaired) electrons. The number of aromatic nitrogens is 3. The summed E-state index contributed by atoms with van der Waals surface area (Å²) in [7, 11) is 0. The van der Waals surface area contributed by atoms with Gasteiger partial charge in [0, 0.05) is 28.4 Å². The fraction of sp³-hybridized carbons (Fsp3) is 0.406. The summed E-state index contributed by atoms with van der Waals surface area (Å²) >= 11 is 0. The molecular formula is C32H35N5O3. The van der Waals surface area contributed by atoms with Gasteiger partial charge < -0.3 is 20.1 Å². The Morgan fingerprint density at radius 2 is 1.80 bits per heavy atom. The van der Waals surface area contributed by atoms with E-state index >= 15 is 0 Å². The number of carbonyl (C=O) groups is 1. The number of hydrogen-bond donors (Lipinski definition) is 3. The molecule has 2 saturated heterocycles. The van der Waals surface area contributed by atoms with Crippen LogP contribution in [0.3, 0.4) is 0 Å². The van der Waals surface area contributed by atoms with E-state index in [1.54, 1.807) is 6.20 Å². The Hall–Kier alpha value is -3.75. The zero-order valence-electron chi connectivity index (χ0n) is 22.5. The van der Waals surface area contributed by atoms with Crippen LogP contribution in [0.15, 0.2) is 66.9 Å². The Balaban J connectivity index is 1.14. The van der Waals surface area contributed by atoms with Gasteiger partial charge in [0.2, 0.25) is 0 Å². The number of fused-ring (bicyclic) bond motifs is 3. The lowest BCUT2D eigenvalue weighted by Crippen LogP contribution is -2.58. The van der Waals surface area contributed by atoms with Gasteiger partial charge in [-0.25, -0.2) is 0 Å². The summed E-state index contributed by atoms with van der Waals surface area (Å²) in [5.41, 5.74) is 5.39. The number of H-pyrrole nitrogens is 1. The van der Waals surface area contributed by atoms with Gasteiger partial charge in [-0.05, 0) is 74.1 Å². The minimum Gasteiger partial charge on any atom is -0.393 e. The highest BCUT2D eigenvalue weighted by Crippen LogP contribution is 2.37. The number of aliphatic hydroxyl groups excluding tert-OH is 1. The molecule has 3 N–H and O–H groups in total. The van der Waals surface area contributed by atoms with Crippen LogP contribution in [0.1, 0.15) is 60.6 Å². The molecule has 206 valence electrons. The van der Waals surface area contributed by atoms with E-state index in [1.807, 2.05) is 36.4 Å². The molecule has 2 aliphatic heterocycles. The van der Waals surface area contributed by atoms with E-state index in [1.165, 1.54) is 12.8 Å². The average molecular weight is 538 g/mol. The molecule has 7 rings (SSSR count). The van der Waals surface area contributed by atoms with Crippen molar-refractivity contribution in [1.29, 1.82) is 0 Å². The number of ether oxygens (including phenoxy) is 1. The van der Waals surface area contributed by atoms with E-state index in [-0.39, 0.29) is 30.1 Å². The summed E-state index contributed by atoms with van der Waals surface area (Å²) in [5.74, 6) is 0.313. The lowest BCUT2D eigenvalue weighted by atomic mass is 9.91. The van der Waals surface area contributed by atoms with Gasteiger partial charge in [0.05, 0.1) is 54.3 Å². The molecule has 4 heterocycles. The van der Waals surface area contributed by atoms with Crippen molar-refractivity contribution >= 4 is 22.5 Å². The van der Waals surface area contributed by atoms with Crippen LogP contribution in [0.2, 0.25) is 0 Å². The minimum absolute atomic E-state index is 0.0898. The van der Waals surface area contributed by atoms with Crippen molar-refractivity contribution < 1.29 is 14.6 Å².